The minimum Gasteiger partial charge on any atom is -0.497 e. The highest BCUT2D eigenvalue weighted by molar-refractivity contribution is 5.44. The summed E-state index contributed by atoms with van der Waals surface area (Å²) in [6.07, 6.45) is 1.17. The van der Waals surface area contributed by atoms with Crippen LogP contribution in [0.2, 0.25) is 0 Å². The molecule has 0 saturated carbocycles. The van der Waals surface area contributed by atoms with Gasteiger partial charge in [-0.15, -0.1) is 0 Å². The topological polar surface area (TPSA) is 72.9 Å². The number of ether oxygens (including phenoxy) is 2. The zero-order chi connectivity index (χ0) is 23.2. The molecule has 0 aliphatic heterocycles. The second-order valence-corrected chi connectivity index (χ2v) is 7.99. The maximum Gasteiger partial charge on any atom is 0.227 e. The van der Waals surface area contributed by atoms with Crippen LogP contribution in [-0.4, -0.2) is 39.5 Å². The van der Waals surface area contributed by atoms with Gasteiger partial charge in [0.25, 0.3) is 0 Å². The fourth-order valence-corrected chi connectivity index (χ4v) is 3.73. The summed E-state index contributed by atoms with van der Waals surface area (Å²) in [5.74, 6) is 2.92. The molecule has 172 valence electrons. The van der Waals surface area contributed by atoms with Crippen molar-refractivity contribution in [1.29, 1.82) is 0 Å². The van der Waals surface area contributed by atoms with Gasteiger partial charge in [0, 0.05) is 13.1 Å². The Kier molecular flexibility index (Phi) is 7.12. The third kappa shape index (κ3) is 5.63. The molecule has 0 amide bonds. The molecule has 0 fully saturated rings. The first kappa shape index (κ1) is 22.6. The summed E-state index contributed by atoms with van der Waals surface area (Å²) in [7, 11) is 1.64. The van der Waals surface area contributed by atoms with E-state index in [0.29, 0.717) is 31.3 Å². The van der Waals surface area contributed by atoms with Crippen LogP contribution < -0.4 is 9.47 Å². The van der Waals surface area contributed by atoms with Crippen LogP contribution in [-0.2, 0) is 13.1 Å². The maximum absolute atomic E-state index is 10.1. The Morgan fingerprint density at radius 1 is 1.00 bits per heavy atom. The number of aliphatic hydroxyl groups excluding tert-OH is 1. The lowest BCUT2D eigenvalue weighted by Crippen LogP contribution is -2.30. The number of nitrogens with zero attached hydrogens (tertiary/aromatic N) is 3. The first-order chi connectivity index (χ1) is 16.0. The smallest absolute Gasteiger partial charge is 0.227 e. The van der Waals surface area contributed by atoms with Gasteiger partial charge in [-0.1, -0.05) is 18.2 Å². The highest BCUT2D eigenvalue weighted by Gasteiger charge is 2.22. The number of para-hydroxylation sites is 1. The van der Waals surface area contributed by atoms with Crippen molar-refractivity contribution < 1.29 is 19.0 Å². The normalized spacial score (nSPS) is 12.2. The van der Waals surface area contributed by atoms with E-state index in [0.717, 1.165) is 28.5 Å². The number of rotatable bonds is 10. The minimum atomic E-state index is -0.490. The molecular formula is C26H29N3O4. The Hall–Kier alpha value is -3.55. The molecule has 0 bridgehead atoms. The molecule has 0 spiro atoms. The SMILES string of the molecule is COc1ccc(Oc2c(CN(Cc3ccco3)CC(C)O)c(C)nn2-c2ccccc2)cc1. The van der Waals surface area contributed by atoms with Gasteiger partial charge in [0.05, 0.1) is 43.0 Å². The Morgan fingerprint density at radius 2 is 1.73 bits per heavy atom. The molecule has 0 saturated heterocycles. The van der Waals surface area contributed by atoms with Gasteiger partial charge in [-0.05, 0) is 62.4 Å². The lowest BCUT2D eigenvalue weighted by atomic mass is 10.2. The highest BCUT2D eigenvalue weighted by Crippen LogP contribution is 2.32. The number of benzene rings is 2. The molecule has 0 radical (unpaired) electrons. The van der Waals surface area contributed by atoms with Crippen molar-refractivity contribution in [2.24, 2.45) is 0 Å². The number of aromatic nitrogens is 2. The maximum atomic E-state index is 10.1. The largest absolute Gasteiger partial charge is 0.497 e. The first-order valence-corrected chi connectivity index (χ1v) is 10.9. The zero-order valence-electron chi connectivity index (χ0n) is 19.1. The Bertz CT molecular complexity index is 1140. The van der Waals surface area contributed by atoms with Crippen molar-refractivity contribution in [2.45, 2.75) is 33.0 Å². The highest BCUT2D eigenvalue weighted by atomic mass is 16.5. The Balaban J connectivity index is 1.71. The van der Waals surface area contributed by atoms with Crippen molar-refractivity contribution in [2.75, 3.05) is 13.7 Å². The van der Waals surface area contributed by atoms with Crippen molar-refractivity contribution in [3.8, 4) is 23.1 Å². The van der Waals surface area contributed by atoms with E-state index in [1.165, 1.54) is 0 Å². The Labute approximate surface area is 193 Å². The summed E-state index contributed by atoms with van der Waals surface area (Å²) in [5, 5.41) is 14.9. The van der Waals surface area contributed by atoms with Gasteiger partial charge in [0.2, 0.25) is 5.88 Å². The van der Waals surface area contributed by atoms with Crippen LogP contribution in [0.15, 0.2) is 77.4 Å². The number of aryl methyl sites for hydroxylation is 1. The monoisotopic (exact) mass is 447 g/mol. The van der Waals surface area contributed by atoms with E-state index >= 15 is 0 Å². The van der Waals surface area contributed by atoms with Gasteiger partial charge in [0.1, 0.15) is 17.3 Å². The molecule has 7 heteroatoms. The number of hydrogen-bond donors (Lipinski definition) is 1. The minimum absolute atomic E-state index is 0.485. The summed E-state index contributed by atoms with van der Waals surface area (Å²) in [4.78, 5) is 2.13. The van der Waals surface area contributed by atoms with Gasteiger partial charge in [-0.25, -0.2) is 4.68 Å². The molecule has 33 heavy (non-hydrogen) atoms. The van der Waals surface area contributed by atoms with Gasteiger partial charge < -0.3 is 19.0 Å². The second-order valence-electron chi connectivity index (χ2n) is 7.99. The van der Waals surface area contributed by atoms with Crippen molar-refractivity contribution in [1.82, 2.24) is 14.7 Å². The van der Waals surface area contributed by atoms with Gasteiger partial charge in [0.15, 0.2) is 0 Å². The molecule has 4 aromatic rings. The summed E-state index contributed by atoms with van der Waals surface area (Å²) in [6, 6.07) is 21.2. The average Bonchev–Trinajstić information content (AvgIpc) is 3.43. The molecule has 2 aromatic carbocycles. The molecule has 1 N–H and O–H groups in total. The molecule has 1 unspecified atom stereocenters. The molecule has 7 nitrogen and oxygen atoms in total. The molecule has 4 rings (SSSR count). The van der Waals surface area contributed by atoms with E-state index in [-0.39, 0.29) is 0 Å². The number of furan rings is 1. The average molecular weight is 448 g/mol. The molecule has 1 atom stereocenters. The van der Waals surface area contributed by atoms with Crippen LogP contribution in [0.5, 0.6) is 17.4 Å². The molecular weight excluding hydrogens is 418 g/mol. The quantitative estimate of drug-likeness (QED) is 0.371. The molecule has 2 aromatic heterocycles. The fraction of sp³-hybridized carbons (Fsp3) is 0.269. The number of aliphatic hydroxyl groups is 1. The Morgan fingerprint density at radius 3 is 2.36 bits per heavy atom. The molecule has 0 aliphatic rings. The van der Waals surface area contributed by atoms with E-state index in [2.05, 4.69) is 4.90 Å². The lowest BCUT2D eigenvalue weighted by Gasteiger charge is -2.23. The van der Waals surface area contributed by atoms with E-state index < -0.39 is 6.10 Å². The van der Waals surface area contributed by atoms with E-state index in [4.69, 9.17) is 19.0 Å². The van der Waals surface area contributed by atoms with Crippen molar-refractivity contribution in [3.63, 3.8) is 0 Å². The zero-order valence-corrected chi connectivity index (χ0v) is 19.1. The van der Waals surface area contributed by atoms with Gasteiger partial charge in [-0.2, -0.15) is 5.10 Å². The second kappa shape index (κ2) is 10.4. The van der Waals surface area contributed by atoms with E-state index in [1.807, 2.05) is 78.3 Å². The van der Waals surface area contributed by atoms with Crippen LogP contribution >= 0.6 is 0 Å². The van der Waals surface area contributed by atoms with Crippen LogP contribution in [0.3, 0.4) is 0 Å². The molecule has 2 heterocycles. The molecule has 0 aliphatic carbocycles. The lowest BCUT2D eigenvalue weighted by molar-refractivity contribution is 0.112. The number of hydrogen-bond acceptors (Lipinski definition) is 6. The predicted molar refractivity (Wildman–Crippen MR) is 126 cm³/mol. The van der Waals surface area contributed by atoms with Gasteiger partial charge in [-0.3, -0.25) is 4.90 Å². The summed E-state index contributed by atoms with van der Waals surface area (Å²) < 4.78 is 19.0. The van der Waals surface area contributed by atoms with Gasteiger partial charge >= 0.3 is 0 Å². The third-order valence-corrected chi connectivity index (χ3v) is 5.28. The van der Waals surface area contributed by atoms with Crippen LogP contribution in [0.1, 0.15) is 23.9 Å². The fourth-order valence-electron chi connectivity index (χ4n) is 3.73. The standard InChI is InChI=1S/C26H29N3O4/c1-19(30)16-28(17-24-10-7-15-32-24)18-25-20(2)27-29(21-8-5-4-6-9-21)26(25)33-23-13-11-22(31-3)12-14-23/h4-15,19,30H,16-18H2,1-3H3. The summed E-state index contributed by atoms with van der Waals surface area (Å²) in [5.41, 5.74) is 2.71. The summed E-state index contributed by atoms with van der Waals surface area (Å²) in [6.45, 7) is 5.34. The van der Waals surface area contributed by atoms with Crippen LogP contribution in [0.4, 0.5) is 0 Å². The van der Waals surface area contributed by atoms with Crippen LogP contribution in [0, 0.1) is 6.92 Å². The third-order valence-electron chi connectivity index (χ3n) is 5.28. The van der Waals surface area contributed by atoms with Crippen molar-refractivity contribution >= 4 is 0 Å². The van der Waals surface area contributed by atoms with Crippen LogP contribution in [0.25, 0.3) is 5.69 Å². The number of methoxy groups -OCH3 is 1. The van der Waals surface area contributed by atoms with Crippen molar-refractivity contribution in [3.05, 3.63) is 90.0 Å². The predicted octanol–water partition coefficient (Wildman–Crippen LogP) is 4.96. The first-order valence-electron chi connectivity index (χ1n) is 10.9. The summed E-state index contributed by atoms with van der Waals surface area (Å²) >= 11 is 0. The van der Waals surface area contributed by atoms with E-state index in [1.54, 1.807) is 20.3 Å². The van der Waals surface area contributed by atoms with E-state index in [9.17, 15) is 5.11 Å².